The van der Waals surface area contributed by atoms with Crippen molar-refractivity contribution in [1.82, 2.24) is 15.0 Å². The Bertz CT molecular complexity index is 605. The van der Waals surface area contributed by atoms with Crippen LogP contribution in [0.2, 0.25) is 5.02 Å². The third-order valence-electron chi connectivity index (χ3n) is 2.91. The maximum absolute atomic E-state index is 13.7. The Labute approximate surface area is 126 Å². The number of benzene rings is 1. The molecule has 0 aliphatic carbocycles. The van der Waals surface area contributed by atoms with E-state index in [4.69, 9.17) is 11.6 Å². The lowest BCUT2D eigenvalue weighted by Gasteiger charge is -2.29. The third-order valence-corrected chi connectivity index (χ3v) is 3.16. The lowest BCUT2D eigenvalue weighted by atomic mass is 9.95. The standard InChI is InChI=1S/C14H16ClF2N3O/c1-13(2,3)14(16,17)21-9-11-8-20(19-18-11)12-6-4-10(15)5-7-12/h4-8H,9H2,1-3H3. The van der Waals surface area contributed by atoms with E-state index in [-0.39, 0.29) is 6.61 Å². The second-order valence-electron chi connectivity index (χ2n) is 5.69. The topological polar surface area (TPSA) is 39.9 Å². The summed E-state index contributed by atoms with van der Waals surface area (Å²) < 4.78 is 33.6. The molecule has 0 aliphatic rings. The average Bonchev–Trinajstić information content (AvgIpc) is 2.85. The number of hydrogen-bond donors (Lipinski definition) is 0. The summed E-state index contributed by atoms with van der Waals surface area (Å²) in [6.07, 6.45) is -1.70. The maximum atomic E-state index is 13.7. The number of ether oxygens (including phenoxy) is 1. The largest absolute Gasteiger partial charge is 0.360 e. The smallest absolute Gasteiger partial charge is 0.313 e. The molecule has 1 heterocycles. The molecule has 2 rings (SSSR count). The molecule has 21 heavy (non-hydrogen) atoms. The molecule has 0 N–H and O–H groups in total. The minimum Gasteiger partial charge on any atom is -0.313 e. The van der Waals surface area contributed by atoms with Gasteiger partial charge in [0.15, 0.2) is 0 Å². The van der Waals surface area contributed by atoms with Crippen LogP contribution in [0.5, 0.6) is 0 Å². The molecule has 0 radical (unpaired) electrons. The number of rotatable bonds is 4. The Balaban J connectivity index is 2.06. The molecule has 0 unspecified atom stereocenters. The molecule has 0 spiro atoms. The normalized spacial score (nSPS) is 12.7. The summed E-state index contributed by atoms with van der Waals surface area (Å²) in [4.78, 5) is 0. The molecule has 0 fully saturated rings. The SMILES string of the molecule is CC(C)(C)C(F)(F)OCc1cn(-c2ccc(Cl)cc2)nn1. The van der Waals surface area contributed by atoms with Crippen LogP contribution in [0.4, 0.5) is 8.78 Å². The van der Waals surface area contributed by atoms with Gasteiger partial charge in [-0.3, -0.25) is 0 Å². The Morgan fingerprint density at radius 1 is 1.19 bits per heavy atom. The van der Waals surface area contributed by atoms with Crippen LogP contribution >= 0.6 is 11.6 Å². The molecule has 4 nitrogen and oxygen atoms in total. The van der Waals surface area contributed by atoms with Crippen molar-refractivity contribution in [3.05, 3.63) is 41.2 Å². The molecule has 1 aromatic heterocycles. The van der Waals surface area contributed by atoms with Crippen molar-refractivity contribution in [2.45, 2.75) is 33.5 Å². The van der Waals surface area contributed by atoms with Gasteiger partial charge in [0, 0.05) is 5.02 Å². The first-order valence-corrected chi connectivity index (χ1v) is 6.76. The highest BCUT2D eigenvalue weighted by atomic mass is 35.5. The van der Waals surface area contributed by atoms with Gasteiger partial charge in [-0.25, -0.2) is 4.68 Å². The van der Waals surface area contributed by atoms with E-state index < -0.39 is 11.5 Å². The van der Waals surface area contributed by atoms with Gasteiger partial charge in [-0.15, -0.1) is 5.10 Å². The summed E-state index contributed by atoms with van der Waals surface area (Å²) in [6.45, 7) is 3.94. The summed E-state index contributed by atoms with van der Waals surface area (Å²) >= 11 is 5.80. The average molecular weight is 316 g/mol. The Morgan fingerprint density at radius 3 is 2.38 bits per heavy atom. The first-order valence-electron chi connectivity index (χ1n) is 6.38. The van der Waals surface area contributed by atoms with E-state index in [0.29, 0.717) is 10.7 Å². The highest BCUT2D eigenvalue weighted by Crippen LogP contribution is 2.37. The first kappa shape index (κ1) is 15.9. The van der Waals surface area contributed by atoms with Crippen LogP contribution in [0.1, 0.15) is 26.5 Å². The van der Waals surface area contributed by atoms with Crippen molar-refractivity contribution >= 4 is 11.6 Å². The predicted octanol–water partition coefficient (Wildman–Crippen LogP) is 4.08. The van der Waals surface area contributed by atoms with Gasteiger partial charge in [0.25, 0.3) is 0 Å². The minimum absolute atomic E-state index is 0.308. The van der Waals surface area contributed by atoms with Crippen molar-refractivity contribution < 1.29 is 13.5 Å². The highest BCUT2D eigenvalue weighted by molar-refractivity contribution is 6.30. The van der Waals surface area contributed by atoms with Gasteiger partial charge in [-0.2, -0.15) is 8.78 Å². The molecule has 7 heteroatoms. The Kier molecular flexibility index (Phi) is 4.30. The summed E-state index contributed by atoms with van der Waals surface area (Å²) in [5.41, 5.74) is -0.214. The second-order valence-corrected chi connectivity index (χ2v) is 6.12. The van der Waals surface area contributed by atoms with Crippen molar-refractivity contribution in [2.24, 2.45) is 5.41 Å². The van der Waals surface area contributed by atoms with Crippen molar-refractivity contribution in [1.29, 1.82) is 0 Å². The Hall–Kier alpha value is -1.53. The summed E-state index contributed by atoms with van der Waals surface area (Å²) in [5.74, 6) is 0. The molecule has 0 saturated carbocycles. The first-order chi connectivity index (χ1) is 9.69. The summed E-state index contributed by atoms with van der Waals surface area (Å²) in [5, 5.41) is 8.30. The van der Waals surface area contributed by atoms with E-state index >= 15 is 0 Å². The molecular weight excluding hydrogens is 300 g/mol. The molecule has 1 aromatic carbocycles. The van der Waals surface area contributed by atoms with Gasteiger partial charge in [0.2, 0.25) is 0 Å². The van der Waals surface area contributed by atoms with Gasteiger partial charge in [0.05, 0.1) is 23.9 Å². The lowest BCUT2D eigenvalue weighted by molar-refractivity contribution is -0.301. The predicted molar refractivity (Wildman–Crippen MR) is 75.6 cm³/mol. The van der Waals surface area contributed by atoms with Crippen LogP contribution in [-0.4, -0.2) is 21.1 Å². The number of aromatic nitrogens is 3. The third kappa shape index (κ3) is 3.77. The van der Waals surface area contributed by atoms with Crippen LogP contribution < -0.4 is 0 Å². The highest BCUT2D eigenvalue weighted by Gasteiger charge is 2.44. The van der Waals surface area contributed by atoms with Crippen LogP contribution in [0.15, 0.2) is 30.5 Å². The van der Waals surface area contributed by atoms with E-state index in [2.05, 4.69) is 15.0 Å². The number of hydrogen-bond acceptors (Lipinski definition) is 3. The van der Waals surface area contributed by atoms with Crippen LogP contribution in [-0.2, 0) is 11.3 Å². The number of halogens is 3. The maximum Gasteiger partial charge on any atom is 0.360 e. The van der Waals surface area contributed by atoms with Gasteiger partial charge in [0.1, 0.15) is 5.69 Å². The summed E-state index contributed by atoms with van der Waals surface area (Å²) in [6, 6.07) is 6.93. The second kappa shape index (κ2) is 5.69. The lowest BCUT2D eigenvalue weighted by Crippen LogP contribution is -2.36. The fourth-order valence-corrected chi connectivity index (χ4v) is 1.59. The zero-order valence-electron chi connectivity index (χ0n) is 12.0. The van der Waals surface area contributed by atoms with Crippen LogP contribution in [0.3, 0.4) is 0 Å². The van der Waals surface area contributed by atoms with Crippen LogP contribution in [0, 0.1) is 5.41 Å². The molecule has 0 aliphatic heterocycles. The Morgan fingerprint density at radius 2 is 1.81 bits per heavy atom. The molecule has 114 valence electrons. The van der Waals surface area contributed by atoms with Crippen molar-refractivity contribution in [3.63, 3.8) is 0 Å². The molecule has 0 bridgehead atoms. The van der Waals surface area contributed by atoms with Gasteiger partial charge in [-0.1, -0.05) is 37.6 Å². The molecule has 0 atom stereocenters. The van der Waals surface area contributed by atoms with Gasteiger partial charge < -0.3 is 4.74 Å². The summed E-state index contributed by atoms with van der Waals surface area (Å²) in [7, 11) is 0. The quantitative estimate of drug-likeness (QED) is 0.853. The number of alkyl halides is 2. The monoisotopic (exact) mass is 315 g/mol. The van der Waals surface area contributed by atoms with Crippen LogP contribution in [0.25, 0.3) is 5.69 Å². The van der Waals surface area contributed by atoms with Gasteiger partial charge >= 0.3 is 6.11 Å². The zero-order valence-corrected chi connectivity index (χ0v) is 12.7. The molecular formula is C14H16ClF2N3O. The zero-order chi connectivity index (χ0) is 15.7. The van der Waals surface area contributed by atoms with E-state index in [1.54, 1.807) is 30.5 Å². The van der Waals surface area contributed by atoms with E-state index in [1.807, 2.05) is 0 Å². The fourth-order valence-electron chi connectivity index (χ4n) is 1.47. The van der Waals surface area contributed by atoms with Gasteiger partial charge in [-0.05, 0) is 24.3 Å². The molecule has 2 aromatic rings. The van der Waals surface area contributed by atoms with E-state index in [0.717, 1.165) is 5.69 Å². The number of nitrogens with zero attached hydrogens (tertiary/aromatic N) is 3. The van der Waals surface area contributed by atoms with E-state index in [9.17, 15) is 8.78 Å². The minimum atomic E-state index is -3.24. The molecule has 0 amide bonds. The van der Waals surface area contributed by atoms with Crippen molar-refractivity contribution in [2.75, 3.05) is 0 Å². The fraction of sp³-hybridized carbons (Fsp3) is 0.429. The van der Waals surface area contributed by atoms with Crippen molar-refractivity contribution in [3.8, 4) is 5.69 Å². The molecule has 0 saturated heterocycles. The van der Waals surface area contributed by atoms with E-state index in [1.165, 1.54) is 25.5 Å².